The maximum atomic E-state index is 14.0. The second kappa shape index (κ2) is 12.3. The van der Waals surface area contributed by atoms with E-state index in [2.05, 4.69) is 5.32 Å². The molecule has 0 radical (unpaired) electrons. The maximum absolute atomic E-state index is 14.0. The third-order valence-corrected chi connectivity index (χ3v) is 8.37. The maximum Gasteiger partial charge on any atom is 0.337 e. The first-order valence-corrected chi connectivity index (χ1v) is 14.5. The van der Waals surface area contributed by atoms with Gasteiger partial charge in [0.15, 0.2) is 28.8 Å². The number of nitrogens with one attached hydrogen (secondary N) is 1. The molecule has 1 fully saturated rings. The second-order valence-electron chi connectivity index (χ2n) is 11.0. The standard InChI is InChI=1S/C33H39NO7/c1-5-40-28-18-21(11-13-25(28)35)31-30(33(37)41-23-9-7-6-8-10-23)19(2)34-24-15-22(16-26(36)32(24)31)20-12-14-27(38-3)29(17-20)39-4/h11-14,17-18,22-23,31,34-35H,5-10,15-16H2,1-4H3/t22-,31+/m1/s1. The fourth-order valence-corrected chi connectivity index (χ4v) is 6.36. The minimum Gasteiger partial charge on any atom is -0.504 e. The molecule has 8 heteroatoms. The molecule has 2 aliphatic carbocycles. The smallest absolute Gasteiger partial charge is 0.337 e. The minimum atomic E-state index is -0.638. The van der Waals surface area contributed by atoms with Gasteiger partial charge in [-0.2, -0.15) is 0 Å². The summed E-state index contributed by atoms with van der Waals surface area (Å²) in [6.07, 6.45) is 5.69. The highest BCUT2D eigenvalue weighted by Crippen LogP contribution is 2.47. The van der Waals surface area contributed by atoms with Crippen LogP contribution in [-0.2, 0) is 14.3 Å². The molecule has 5 rings (SSSR count). The number of hydrogen-bond acceptors (Lipinski definition) is 8. The summed E-state index contributed by atoms with van der Waals surface area (Å²) in [5.41, 5.74) is 4.14. The number of phenols is 1. The lowest BCUT2D eigenvalue weighted by Crippen LogP contribution is -2.37. The molecule has 0 saturated heterocycles. The van der Waals surface area contributed by atoms with Crippen LogP contribution in [0.2, 0.25) is 0 Å². The summed E-state index contributed by atoms with van der Waals surface area (Å²) in [6.45, 7) is 4.07. The number of rotatable bonds is 8. The Hall–Kier alpha value is -3.94. The van der Waals surface area contributed by atoms with Crippen LogP contribution < -0.4 is 19.5 Å². The largest absolute Gasteiger partial charge is 0.504 e. The highest BCUT2D eigenvalue weighted by molar-refractivity contribution is 6.04. The van der Waals surface area contributed by atoms with E-state index >= 15 is 0 Å². The van der Waals surface area contributed by atoms with Gasteiger partial charge in [0.2, 0.25) is 0 Å². The zero-order valence-electron chi connectivity index (χ0n) is 24.2. The summed E-state index contributed by atoms with van der Waals surface area (Å²) in [4.78, 5) is 27.8. The highest BCUT2D eigenvalue weighted by atomic mass is 16.5. The molecule has 3 aliphatic rings. The van der Waals surface area contributed by atoms with Crippen molar-refractivity contribution < 1.29 is 33.6 Å². The summed E-state index contributed by atoms with van der Waals surface area (Å²) in [6, 6.07) is 10.8. The topological polar surface area (TPSA) is 103 Å². The van der Waals surface area contributed by atoms with E-state index in [0.29, 0.717) is 52.7 Å². The number of carbonyl (C=O) groups excluding carboxylic acids is 2. The third-order valence-electron chi connectivity index (χ3n) is 8.37. The van der Waals surface area contributed by atoms with Gasteiger partial charge in [-0.1, -0.05) is 18.6 Å². The minimum absolute atomic E-state index is 0.00857. The van der Waals surface area contributed by atoms with Crippen LogP contribution in [0.1, 0.15) is 81.8 Å². The molecule has 0 unspecified atom stereocenters. The SMILES string of the molecule is CCOc1cc([C@H]2C(C(=O)OC3CCCCC3)=C(C)NC3=C2C(=O)C[C@H](c2ccc(OC)c(OC)c2)C3)ccc1O. The Morgan fingerprint density at radius 3 is 2.37 bits per heavy atom. The molecule has 0 amide bonds. The molecular weight excluding hydrogens is 522 g/mol. The molecule has 1 aliphatic heterocycles. The molecule has 8 nitrogen and oxygen atoms in total. The lowest BCUT2D eigenvalue weighted by molar-refractivity contribution is -0.146. The van der Waals surface area contributed by atoms with Crippen LogP contribution in [0.25, 0.3) is 0 Å². The first-order valence-electron chi connectivity index (χ1n) is 14.5. The summed E-state index contributed by atoms with van der Waals surface area (Å²) in [5, 5.41) is 13.8. The Kier molecular flexibility index (Phi) is 8.57. The predicted molar refractivity (Wildman–Crippen MR) is 154 cm³/mol. The fraction of sp³-hybridized carbons (Fsp3) is 0.455. The van der Waals surface area contributed by atoms with Crippen LogP contribution >= 0.6 is 0 Å². The van der Waals surface area contributed by atoms with Crippen molar-refractivity contribution in [3.8, 4) is 23.0 Å². The van der Waals surface area contributed by atoms with Gasteiger partial charge in [0.1, 0.15) is 6.10 Å². The average Bonchev–Trinajstić information content (AvgIpc) is 2.97. The quantitative estimate of drug-likeness (QED) is 0.376. The van der Waals surface area contributed by atoms with E-state index in [1.165, 1.54) is 0 Å². The van der Waals surface area contributed by atoms with Crippen molar-refractivity contribution in [3.05, 3.63) is 70.1 Å². The van der Waals surface area contributed by atoms with Gasteiger partial charge in [-0.15, -0.1) is 0 Å². The monoisotopic (exact) mass is 561 g/mol. The van der Waals surface area contributed by atoms with Crippen molar-refractivity contribution in [2.24, 2.45) is 0 Å². The predicted octanol–water partition coefficient (Wildman–Crippen LogP) is 6.05. The molecule has 1 saturated carbocycles. The molecule has 2 aromatic rings. The summed E-state index contributed by atoms with van der Waals surface area (Å²) in [7, 11) is 3.19. The van der Waals surface area contributed by atoms with Crippen LogP contribution in [0, 0.1) is 0 Å². The Balaban J connectivity index is 1.55. The number of allylic oxidation sites excluding steroid dienone is 3. The van der Waals surface area contributed by atoms with Gasteiger partial charge >= 0.3 is 5.97 Å². The van der Waals surface area contributed by atoms with Crippen LogP contribution in [-0.4, -0.2) is 43.8 Å². The number of aromatic hydroxyl groups is 1. The number of carbonyl (C=O) groups is 2. The zero-order valence-corrected chi connectivity index (χ0v) is 24.2. The normalized spacial score (nSPS) is 21.2. The van der Waals surface area contributed by atoms with Crippen molar-refractivity contribution in [1.29, 1.82) is 0 Å². The molecule has 2 atom stereocenters. The zero-order chi connectivity index (χ0) is 29.1. The van der Waals surface area contributed by atoms with E-state index in [0.717, 1.165) is 43.4 Å². The van der Waals surface area contributed by atoms with Crippen LogP contribution in [0.5, 0.6) is 23.0 Å². The number of phenolic OH excluding ortho intramolecular Hbond substituents is 1. The summed E-state index contributed by atoms with van der Waals surface area (Å²) in [5.74, 6) is 0.417. The number of esters is 1. The first kappa shape index (κ1) is 28.6. The number of ether oxygens (including phenoxy) is 4. The van der Waals surface area contributed by atoms with E-state index in [4.69, 9.17) is 18.9 Å². The highest BCUT2D eigenvalue weighted by Gasteiger charge is 2.42. The van der Waals surface area contributed by atoms with Crippen molar-refractivity contribution >= 4 is 11.8 Å². The molecule has 0 aromatic heterocycles. The molecule has 0 spiro atoms. The van der Waals surface area contributed by atoms with Crippen LogP contribution in [0.15, 0.2) is 58.9 Å². The summed E-state index contributed by atoms with van der Waals surface area (Å²) >= 11 is 0. The number of hydrogen-bond donors (Lipinski definition) is 2. The fourth-order valence-electron chi connectivity index (χ4n) is 6.36. The van der Waals surface area contributed by atoms with Crippen molar-refractivity contribution in [1.82, 2.24) is 5.32 Å². The first-order chi connectivity index (χ1) is 19.8. The molecular formula is C33H39NO7. The molecule has 0 bridgehead atoms. The van der Waals surface area contributed by atoms with Gasteiger partial charge < -0.3 is 29.4 Å². The molecule has 1 heterocycles. The molecule has 2 aromatic carbocycles. The van der Waals surface area contributed by atoms with Crippen molar-refractivity contribution in [3.63, 3.8) is 0 Å². The number of benzene rings is 2. The number of Topliss-reactive ketones (excluding diaryl/α,β-unsaturated/α-hetero) is 1. The van der Waals surface area contributed by atoms with Crippen LogP contribution in [0.4, 0.5) is 0 Å². The average molecular weight is 562 g/mol. The van der Waals surface area contributed by atoms with E-state index < -0.39 is 11.9 Å². The third kappa shape index (κ3) is 5.78. The van der Waals surface area contributed by atoms with Gasteiger partial charge in [0.05, 0.1) is 26.4 Å². The van der Waals surface area contributed by atoms with E-state index in [9.17, 15) is 14.7 Å². The lowest BCUT2D eigenvalue weighted by Gasteiger charge is -2.37. The Morgan fingerprint density at radius 1 is 0.951 bits per heavy atom. The van der Waals surface area contributed by atoms with Gasteiger partial charge in [-0.05, 0) is 87.3 Å². The summed E-state index contributed by atoms with van der Waals surface area (Å²) < 4.78 is 22.6. The Bertz CT molecular complexity index is 1390. The Labute approximate surface area is 241 Å². The van der Waals surface area contributed by atoms with Gasteiger partial charge in [0, 0.05) is 29.3 Å². The van der Waals surface area contributed by atoms with Crippen LogP contribution in [0.3, 0.4) is 0 Å². The van der Waals surface area contributed by atoms with Gasteiger partial charge in [-0.25, -0.2) is 4.79 Å². The van der Waals surface area contributed by atoms with Crippen molar-refractivity contribution in [2.45, 2.75) is 76.7 Å². The van der Waals surface area contributed by atoms with Crippen molar-refractivity contribution in [2.75, 3.05) is 20.8 Å². The lowest BCUT2D eigenvalue weighted by atomic mass is 9.71. The van der Waals surface area contributed by atoms with Gasteiger partial charge in [0.25, 0.3) is 0 Å². The van der Waals surface area contributed by atoms with Gasteiger partial charge in [-0.3, -0.25) is 4.79 Å². The number of methoxy groups -OCH3 is 2. The Morgan fingerprint density at radius 2 is 1.66 bits per heavy atom. The molecule has 41 heavy (non-hydrogen) atoms. The number of ketones is 1. The second-order valence-corrected chi connectivity index (χ2v) is 11.0. The van der Waals surface area contributed by atoms with E-state index in [1.807, 2.05) is 32.0 Å². The molecule has 2 N–H and O–H groups in total. The van der Waals surface area contributed by atoms with E-state index in [-0.39, 0.29) is 30.0 Å². The number of dihydropyridines is 1. The molecule has 218 valence electrons. The van der Waals surface area contributed by atoms with E-state index in [1.54, 1.807) is 32.4 Å².